The number of furan rings is 1. The molecule has 2 aromatic heterocycles. The Hall–Kier alpha value is -2.86. The Balaban J connectivity index is 1.38. The van der Waals surface area contributed by atoms with Crippen LogP contribution >= 0.6 is 0 Å². The first-order valence-corrected chi connectivity index (χ1v) is 9.34. The van der Waals surface area contributed by atoms with Crippen molar-refractivity contribution in [3.63, 3.8) is 0 Å². The average molecular weight is 364 g/mol. The van der Waals surface area contributed by atoms with Crippen LogP contribution in [0.2, 0.25) is 0 Å². The predicted octanol–water partition coefficient (Wildman–Crippen LogP) is 3.33. The smallest absolute Gasteiger partial charge is 0.289 e. The third-order valence-corrected chi connectivity index (χ3v) is 4.87. The SMILES string of the molecule is CN(Cc1cnn(-c2ccccc2)c1)C(=O)c1ccc(CN2CCCC2)o1. The van der Waals surface area contributed by atoms with Crippen molar-refractivity contribution in [2.75, 3.05) is 20.1 Å². The molecule has 0 N–H and O–H groups in total. The summed E-state index contributed by atoms with van der Waals surface area (Å²) in [7, 11) is 1.78. The third-order valence-electron chi connectivity index (χ3n) is 4.87. The van der Waals surface area contributed by atoms with Gasteiger partial charge in [-0.25, -0.2) is 4.68 Å². The standard InChI is InChI=1S/C21H24N4O2/c1-23(14-17-13-22-25(15-17)18-7-3-2-4-8-18)21(26)20-10-9-19(27-20)16-24-11-5-6-12-24/h2-4,7-10,13,15H,5-6,11-12,14,16H2,1H3. The van der Waals surface area contributed by atoms with E-state index in [9.17, 15) is 4.79 Å². The van der Waals surface area contributed by atoms with E-state index < -0.39 is 0 Å². The highest BCUT2D eigenvalue weighted by atomic mass is 16.4. The molecule has 0 saturated carbocycles. The molecule has 1 fully saturated rings. The maximum atomic E-state index is 12.7. The van der Waals surface area contributed by atoms with Crippen molar-refractivity contribution in [1.29, 1.82) is 0 Å². The Morgan fingerprint density at radius 2 is 1.93 bits per heavy atom. The van der Waals surface area contributed by atoms with Crippen LogP contribution in [0.15, 0.2) is 59.3 Å². The number of likely N-dealkylation sites (tertiary alicyclic amines) is 1. The molecule has 140 valence electrons. The molecule has 0 unspecified atom stereocenters. The first-order chi connectivity index (χ1) is 13.2. The second-order valence-electron chi connectivity index (χ2n) is 7.04. The Kier molecular flexibility index (Phi) is 5.07. The van der Waals surface area contributed by atoms with Gasteiger partial charge in [-0.1, -0.05) is 18.2 Å². The molecule has 1 aromatic carbocycles. The number of rotatable bonds is 6. The largest absolute Gasteiger partial charge is 0.455 e. The second kappa shape index (κ2) is 7.80. The highest BCUT2D eigenvalue weighted by Gasteiger charge is 2.19. The number of nitrogens with zero attached hydrogens (tertiary/aromatic N) is 4. The summed E-state index contributed by atoms with van der Waals surface area (Å²) in [6.45, 7) is 3.47. The molecule has 0 bridgehead atoms. The lowest BCUT2D eigenvalue weighted by Gasteiger charge is -2.15. The number of aromatic nitrogens is 2. The van der Waals surface area contributed by atoms with Crippen LogP contribution in [0.3, 0.4) is 0 Å². The number of benzene rings is 1. The van der Waals surface area contributed by atoms with Crippen LogP contribution in [0, 0.1) is 0 Å². The van der Waals surface area contributed by atoms with Crippen molar-refractivity contribution in [3.8, 4) is 5.69 Å². The second-order valence-corrected chi connectivity index (χ2v) is 7.04. The molecule has 6 heteroatoms. The summed E-state index contributed by atoms with van der Waals surface area (Å²) in [5.74, 6) is 1.13. The van der Waals surface area contributed by atoms with Gasteiger partial charge in [0, 0.05) is 25.4 Å². The van der Waals surface area contributed by atoms with E-state index in [2.05, 4.69) is 10.00 Å². The quantitative estimate of drug-likeness (QED) is 0.673. The topological polar surface area (TPSA) is 54.5 Å². The molecular weight excluding hydrogens is 340 g/mol. The maximum Gasteiger partial charge on any atom is 0.289 e. The Labute approximate surface area is 159 Å². The number of amides is 1. The average Bonchev–Trinajstić information content (AvgIpc) is 3.44. The third kappa shape index (κ3) is 4.11. The van der Waals surface area contributed by atoms with Crippen LogP contribution in [0.4, 0.5) is 0 Å². The lowest BCUT2D eigenvalue weighted by Crippen LogP contribution is -2.25. The monoisotopic (exact) mass is 364 g/mol. The molecule has 0 aliphatic carbocycles. The molecule has 0 atom stereocenters. The summed E-state index contributed by atoms with van der Waals surface area (Å²) >= 11 is 0. The van der Waals surface area contributed by atoms with E-state index in [1.807, 2.05) is 47.3 Å². The van der Waals surface area contributed by atoms with Gasteiger partial charge in [0.25, 0.3) is 5.91 Å². The zero-order chi connectivity index (χ0) is 18.6. The lowest BCUT2D eigenvalue weighted by atomic mass is 10.3. The minimum Gasteiger partial charge on any atom is -0.455 e. The molecule has 27 heavy (non-hydrogen) atoms. The zero-order valence-electron chi connectivity index (χ0n) is 15.5. The van der Waals surface area contributed by atoms with E-state index >= 15 is 0 Å². The highest BCUT2D eigenvalue weighted by molar-refractivity contribution is 5.91. The highest BCUT2D eigenvalue weighted by Crippen LogP contribution is 2.17. The number of hydrogen-bond acceptors (Lipinski definition) is 4. The van der Waals surface area contributed by atoms with Crippen molar-refractivity contribution in [2.24, 2.45) is 0 Å². The van der Waals surface area contributed by atoms with Gasteiger partial charge in [0.15, 0.2) is 5.76 Å². The van der Waals surface area contributed by atoms with Gasteiger partial charge >= 0.3 is 0 Å². The summed E-state index contributed by atoms with van der Waals surface area (Å²) in [6, 6.07) is 13.6. The van der Waals surface area contributed by atoms with E-state index in [4.69, 9.17) is 4.42 Å². The van der Waals surface area contributed by atoms with E-state index in [1.54, 1.807) is 24.2 Å². The molecule has 3 aromatic rings. The summed E-state index contributed by atoms with van der Waals surface area (Å²) in [4.78, 5) is 16.7. The normalized spacial score (nSPS) is 14.6. The Bertz CT molecular complexity index is 894. The fourth-order valence-corrected chi connectivity index (χ4v) is 3.44. The predicted molar refractivity (Wildman–Crippen MR) is 103 cm³/mol. The summed E-state index contributed by atoms with van der Waals surface area (Å²) in [5, 5.41) is 4.38. The van der Waals surface area contributed by atoms with E-state index in [-0.39, 0.29) is 5.91 Å². The molecule has 0 spiro atoms. The maximum absolute atomic E-state index is 12.7. The molecule has 1 aliphatic rings. The number of para-hydroxylation sites is 1. The van der Waals surface area contributed by atoms with Crippen LogP contribution in [-0.4, -0.2) is 45.6 Å². The molecule has 1 saturated heterocycles. The van der Waals surface area contributed by atoms with Crippen LogP contribution < -0.4 is 0 Å². The minimum atomic E-state index is -0.116. The van der Waals surface area contributed by atoms with Crippen molar-refractivity contribution in [1.82, 2.24) is 19.6 Å². The van der Waals surface area contributed by atoms with Crippen molar-refractivity contribution in [3.05, 3.63) is 71.9 Å². The van der Waals surface area contributed by atoms with Crippen molar-refractivity contribution < 1.29 is 9.21 Å². The van der Waals surface area contributed by atoms with Gasteiger partial charge in [-0.05, 0) is 50.2 Å². The Morgan fingerprint density at radius 1 is 1.15 bits per heavy atom. The molecule has 4 rings (SSSR count). The lowest BCUT2D eigenvalue weighted by molar-refractivity contribution is 0.0750. The van der Waals surface area contributed by atoms with Gasteiger partial charge in [-0.2, -0.15) is 5.10 Å². The number of carbonyl (C=O) groups is 1. The van der Waals surface area contributed by atoms with Gasteiger partial charge in [-0.3, -0.25) is 9.69 Å². The van der Waals surface area contributed by atoms with Crippen molar-refractivity contribution >= 4 is 5.91 Å². The van der Waals surface area contributed by atoms with E-state index in [0.717, 1.165) is 36.6 Å². The molecular formula is C21H24N4O2. The van der Waals surface area contributed by atoms with Gasteiger partial charge in [-0.15, -0.1) is 0 Å². The number of hydrogen-bond donors (Lipinski definition) is 0. The van der Waals surface area contributed by atoms with Gasteiger partial charge in [0.05, 0.1) is 18.4 Å². The fourth-order valence-electron chi connectivity index (χ4n) is 3.44. The van der Waals surface area contributed by atoms with E-state index in [1.165, 1.54) is 12.8 Å². The summed E-state index contributed by atoms with van der Waals surface area (Å²) in [6.07, 6.45) is 6.22. The zero-order valence-corrected chi connectivity index (χ0v) is 15.5. The van der Waals surface area contributed by atoms with E-state index in [0.29, 0.717) is 12.3 Å². The fraction of sp³-hybridized carbons (Fsp3) is 0.333. The van der Waals surface area contributed by atoms with Crippen molar-refractivity contribution in [2.45, 2.75) is 25.9 Å². The first-order valence-electron chi connectivity index (χ1n) is 9.34. The minimum absolute atomic E-state index is 0.116. The number of carbonyl (C=O) groups excluding carboxylic acids is 1. The van der Waals surface area contributed by atoms with Gasteiger partial charge in [0.2, 0.25) is 0 Å². The van der Waals surface area contributed by atoms with Crippen LogP contribution in [0.1, 0.15) is 34.7 Å². The Morgan fingerprint density at radius 3 is 2.70 bits per heavy atom. The summed E-state index contributed by atoms with van der Waals surface area (Å²) < 4.78 is 7.60. The van der Waals surface area contributed by atoms with Gasteiger partial charge < -0.3 is 9.32 Å². The molecule has 1 aliphatic heterocycles. The molecule has 0 radical (unpaired) electrons. The van der Waals surface area contributed by atoms with Crippen LogP contribution in [-0.2, 0) is 13.1 Å². The summed E-state index contributed by atoms with van der Waals surface area (Å²) in [5.41, 5.74) is 1.97. The first kappa shape index (κ1) is 17.5. The van der Waals surface area contributed by atoms with Crippen LogP contribution in [0.25, 0.3) is 5.69 Å². The van der Waals surface area contributed by atoms with Gasteiger partial charge in [0.1, 0.15) is 5.76 Å². The molecule has 3 heterocycles. The van der Waals surface area contributed by atoms with Crippen LogP contribution in [0.5, 0.6) is 0 Å². The molecule has 1 amide bonds. The molecule has 6 nitrogen and oxygen atoms in total.